The van der Waals surface area contributed by atoms with Gasteiger partial charge in [0, 0.05) is 12.3 Å². The number of carbonyl (C=O) groups excluding carboxylic acids is 2. The van der Waals surface area contributed by atoms with E-state index in [0.717, 1.165) is 6.26 Å². The first-order valence-corrected chi connectivity index (χ1v) is 7.55. The van der Waals surface area contributed by atoms with E-state index in [2.05, 4.69) is 5.32 Å². The minimum Gasteiger partial charge on any atom is -0.354 e. The van der Waals surface area contributed by atoms with Crippen LogP contribution in [0.5, 0.6) is 0 Å². The lowest BCUT2D eigenvalue weighted by Crippen LogP contribution is -2.60. The number of amides is 2. The molecule has 0 radical (unpaired) electrons. The zero-order valence-corrected chi connectivity index (χ0v) is 11.8. The lowest BCUT2D eigenvalue weighted by Gasteiger charge is -2.36. The normalized spacial score (nSPS) is 27.6. The zero-order valence-electron chi connectivity index (χ0n) is 11.0. The van der Waals surface area contributed by atoms with Crippen molar-refractivity contribution in [2.45, 2.75) is 44.4 Å². The fourth-order valence-corrected chi connectivity index (χ4v) is 3.26. The summed E-state index contributed by atoms with van der Waals surface area (Å²) < 4.78 is 21.4. The first kappa shape index (κ1) is 16.9. The van der Waals surface area contributed by atoms with Gasteiger partial charge < -0.3 is 5.32 Å². The van der Waals surface area contributed by atoms with Gasteiger partial charge in [-0.3, -0.25) is 14.8 Å². The molecule has 8 heteroatoms. The Morgan fingerprint density at radius 3 is 2.33 bits per heavy atom. The van der Waals surface area contributed by atoms with Gasteiger partial charge >= 0.3 is 0 Å². The molecular formula is C10H20N2O5S. The topological polar surface area (TPSA) is 113 Å². The van der Waals surface area contributed by atoms with Crippen molar-refractivity contribution < 1.29 is 23.2 Å². The molecule has 2 atom stereocenters. The molecule has 18 heavy (non-hydrogen) atoms. The summed E-state index contributed by atoms with van der Waals surface area (Å²) in [4.78, 5) is 22.8. The van der Waals surface area contributed by atoms with Gasteiger partial charge in [-0.25, -0.2) is 13.9 Å². The van der Waals surface area contributed by atoms with Crippen LogP contribution in [0.2, 0.25) is 0 Å². The van der Waals surface area contributed by atoms with E-state index >= 15 is 0 Å². The molecule has 106 valence electrons. The quantitative estimate of drug-likeness (QED) is 0.470. The Balaban J connectivity index is 0.00000137. The van der Waals surface area contributed by atoms with Gasteiger partial charge in [-0.15, -0.1) is 0 Å². The first-order valence-electron chi connectivity index (χ1n) is 5.66. The predicted octanol–water partition coefficient (Wildman–Crippen LogP) is -0.400. The Bertz CT molecular complexity index is 420. The van der Waals surface area contributed by atoms with Crippen molar-refractivity contribution in [3.63, 3.8) is 0 Å². The average Bonchev–Trinajstić information content (AvgIpc) is 2.27. The molecule has 0 aromatic heterocycles. The highest BCUT2D eigenvalue weighted by Crippen LogP contribution is 2.30. The van der Waals surface area contributed by atoms with E-state index < -0.39 is 38.9 Å². The summed E-state index contributed by atoms with van der Waals surface area (Å²) in [5.74, 6) is -1.58. The van der Waals surface area contributed by atoms with Crippen molar-refractivity contribution in [1.82, 2.24) is 10.8 Å². The Morgan fingerprint density at radius 1 is 1.50 bits per heavy atom. The standard InChI is InChI=1S/C8H14N2O5S.C2H6/c1-5-3-8(7(12)10-13,16(2,14)15)4-6(11)9-5;1-2/h5,13H,3-4H2,1-2H3,(H,9,11)(H,10,12);1-2H3. The van der Waals surface area contributed by atoms with Gasteiger partial charge in [-0.05, 0) is 13.3 Å². The molecule has 0 aromatic carbocycles. The van der Waals surface area contributed by atoms with Crippen LogP contribution in [-0.2, 0) is 19.4 Å². The molecule has 1 rings (SSSR count). The molecule has 7 nitrogen and oxygen atoms in total. The summed E-state index contributed by atoms with van der Waals surface area (Å²) in [7, 11) is -3.80. The van der Waals surface area contributed by atoms with Crippen LogP contribution in [0, 0.1) is 0 Å². The molecule has 2 amide bonds. The lowest BCUT2D eigenvalue weighted by atomic mass is 9.91. The van der Waals surface area contributed by atoms with E-state index in [0.29, 0.717) is 0 Å². The number of nitrogens with one attached hydrogen (secondary N) is 2. The third-order valence-corrected chi connectivity index (χ3v) is 4.63. The number of hydroxylamine groups is 1. The van der Waals surface area contributed by atoms with Crippen LogP contribution in [-0.4, -0.2) is 42.5 Å². The lowest BCUT2D eigenvalue weighted by molar-refractivity contribution is -0.137. The number of hydrogen-bond donors (Lipinski definition) is 3. The molecule has 1 saturated heterocycles. The van der Waals surface area contributed by atoms with E-state index in [4.69, 9.17) is 5.21 Å². The van der Waals surface area contributed by atoms with Crippen LogP contribution < -0.4 is 10.8 Å². The SMILES string of the molecule is CC.CC1CC(C(=O)NO)(S(C)(=O)=O)CC(=O)N1. The van der Waals surface area contributed by atoms with E-state index in [1.54, 1.807) is 6.92 Å². The minimum atomic E-state index is -3.80. The van der Waals surface area contributed by atoms with Crippen molar-refractivity contribution >= 4 is 21.7 Å². The number of hydrogen-bond acceptors (Lipinski definition) is 5. The monoisotopic (exact) mass is 280 g/mol. The number of piperidine rings is 1. The van der Waals surface area contributed by atoms with Crippen molar-refractivity contribution in [2.24, 2.45) is 0 Å². The summed E-state index contributed by atoms with van der Waals surface area (Å²) in [6, 6.07) is -0.437. The molecule has 0 aliphatic carbocycles. The smallest absolute Gasteiger partial charge is 0.265 e. The van der Waals surface area contributed by atoms with Gasteiger partial charge in [0.15, 0.2) is 14.6 Å². The zero-order chi connectivity index (χ0) is 14.6. The highest BCUT2D eigenvalue weighted by molar-refractivity contribution is 7.93. The fraction of sp³-hybridized carbons (Fsp3) is 0.800. The van der Waals surface area contributed by atoms with E-state index in [1.165, 1.54) is 5.48 Å². The maximum Gasteiger partial charge on any atom is 0.265 e. The van der Waals surface area contributed by atoms with Crippen LogP contribution in [0.1, 0.15) is 33.6 Å². The van der Waals surface area contributed by atoms with Crippen molar-refractivity contribution in [3.8, 4) is 0 Å². The third-order valence-electron chi connectivity index (χ3n) is 2.71. The summed E-state index contributed by atoms with van der Waals surface area (Å²) in [6.07, 6.45) is 0.361. The van der Waals surface area contributed by atoms with E-state index in [9.17, 15) is 18.0 Å². The second-order valence-corrected chi connectivity index (χ2v) is 6.38. The molecule has 0 spiro atoms. The van der Waals surface area contributed by atoms with Crippen LogP contribution in [0.4, 0.5) is 0 Å². The second kappa shape index (κ2) is 6.14. The Labute approximate surface area is 107 Å². The van der Waals surface area contributed by atoms with Crippen LogP contribution in [0.25, 0.3) is 0 Å². The molecular weight excluding hydrogens is 260 g/mol. The number of carbonyl (C=O) groups is 2. The maximum absolute atomic E-state index is 11.6. The molecule has 0 bridgehead atoms. The highest BCUT2D eigenvalue weighted by atomic mass is 32.2. The number of sulfone groups is 1. The van der Waals surface area contributed by atoms with Crippen LogP contribution >= 0.6 is 0 Å². The first-order chi connectivity index (χ1) is 8.23. The Morgan fingerprint density at radius 2 is 2.00 bits per heavy atom. The predicted molar refractivity (Wildman–Crippen MR) is 65.7 cm³/mol. The van der Waals surface area contributed by atoms with Crippen molar-refractivity contribution in [2.75, 3.05) is 6.26 Å². The maximum atomic E-state index is 11.6. The van der Waals surface area contributed by atoms with Gasteiger partial charge in [-0.2, -0.15) is 0 Å². The molecule has 1 aliphatic heterocycles. The van der Waals surface area contributed by atoms with Crippen LogP contribution in [0.15, 0.2) is 0 Å². The Hall–Kier alpha value is -1.15. The van der Waals surface area contributed by atoms with Crippen LogP contribution in [0.3, 0.4) is 0 Å². The summed E-state index contributed by atoms with van der Waals surface area (Å²) >= 11 is 0. The highest BCUT2D eigenvalue weighted by Gasteiger charge is 2.53. The van der Waals surface area contributed by atoms with Gasteiger partial charge in [0.05, 0.1) is 6.42 Å². The van der Waals surface area contributed by atoms with Crippen molar-refractivity contribution in [3.05, 3.63) is 0 Å². The van der Waals surface area contributed by atoms with E-state index in [-0.39, 0.29) is 6.42 Å². The van der Waals surface area contributed by atoms with Crippen molar-refractivity contribution in [1.29, 1.82) is 0 Å². The molecule has 0 aromatic rings. The summed E-state index contributed by atoms with van der Waals surface area (Å²) in [5, 5.41) is 11.1. The average molecular weight is 280 g/mol. The molecule has 1 fully saturated rings. The largest absolute Gasteiger partial charge is 0.354 e. The second-order valence-electron chi connectivity index (χ2n) is 4.06. The molecule has 1 heterocycles. The van der Waals surface area contributed by atoms with Gasteiger partial charge in [-0.1, -0.05) is 13.8 Å². The molecule has 1 aliphatic rings. The third kappa shape index (κ3) is 3.20. The van der Waals surface area contributed by atoms with Gasteiger partial charge in [0.1, 0.15) is 0 Å². The summed E-state index contributed by atoms with van der Waals surface area (Å²) in [6.45, 7) is 5.60. The minimum absolute atomic E-state index is 0.0516. The van der Waals surface area contributed by atoms with Gasteiger partial charge in [0.2, 0.25) is 5.91 Å². The Kier molecular flexibility index (Phi) is 5.75. The molecule has 3 N–H and O–H groups in total. The molecule has 0 saturated carbocycles. The van der Waals surface area contributed by atoms with Gasteiger partial charge in [0.25, 0.3) is 5.91 Å². The summed E-state index contributed by atoms with van der Waals surface area (Å²) in [5.41, 5.74) is 1.33. The fourth-order valence-electron chi connectivity index (χ4n) is 1.93. The molecule has 2 unspecified atom stereocenters. The van der Waals surface area contributed by atoms with E-state index in [1.807, 2.05) is 13.8 Å². The number of rotatable bonds is 2.